The maximum Gasteiger partial charge on any atom is 0.325 e. The summed E-state index contributed by atoms with van der Waals surface area (Å²) in [4.78, 5) is 27.0. The highest BCUT2D eigenvalue weighted by Gasteiger charge is 2.39. The highest BCUT2D eigenvalue weighted by Crippen LogP contribution is 2.46. The lowest BCUT2D eigenvalue weighted by Gasteiger charge is -2.41. The molecule has 6 rings (SSSR count). The molecule has 0 spiro atoms. The standard InChI is InChI=1S/C29H27ClFN5O6/c1-29(2)15-41-5-4-35(29)28(39)26-22-14-42-24-10-23(40-3)20(16-11-32-34(12-16)13-25(37)38)9-21(24)27(22)36(33-26)19-7-17(30)6-18(31)8-19/h6-12H,4-5,13-15H2,1-3H3,(H,37,38). The Bertz CT molecular complexity index is 1710. The van der Waals surface area contributed by atoms with Crippen LogP contribution in [0, 0.1) is 5.82 Å². The van der Waals surface area contributed by atoms with Gasteiger partial charge in [0.2, 0.25) is 0 Å². The molecule has 4 aromatic rings. The summed E-state index contributed by atoms with van der Waals surface area (Å²) < 4.78 is 34.8. The van der Waals surface area contributed by atoms with Gasteiger partial charge >= 0.3 is 5.97 Å². The number of carbonyl (C=O) groups is 2. The number of aliphatic carboxylic acids is 1. The van der Waals surface area contributed by atoms with E-state index in [1.807, 2.05) is 13.8 Å². The number of benzene rings is 2. The molecular formula is C29H27ClFN5O6. The van der Waals surface area contributed by atoms with Crippen LogP contribution in [-0.4, -0.2) is 73.9 Å². The quantitative estimate of drug-likeness (QED) is 0.347. The van der Waals surface area contributed by atoms with Crippen LogP contribution in [0.1, 0.15) is 29.9 Å². The number of rotatable bonds is 6. The molecule has 2 aromatic carbocycles. The second-order valence-electron chi connectivity index (χ2n) is 10.7. The third-order valence-electron chi connectivity index (χ3n) is 7.34. The highest BCUT2D eigenvalue weighted by atomic mass is 35.5. The van der Waals surface area contributed by atoms with Crippen molar-refractivity contribution in [2.75, 3.05) is 26.9 Å². The lowest BCUT2D eigenvalue weighted by Crippen LogP contribution is -2.55. The minimum absolute atomic E-state index is 0.0380. The van der Waals surface area contributed by atoms with Crippen molar-refractivity contribution in [1.29, 1.82) is 0 Å². The van der Waals surface area contributed by atoms with Crippen molar-refractivity contribution in [2.24, 2.45) is 0 Å². The lowest BCUT2D eigenvalue weighted by molar-refractivity contribution is -0.137. The van der Waals surface area contributed by atoms with E-state index < -0.39 is 17.3 Å². The van der Waals surface area contributed by atoms with Crippen LogP contribution in [0.15, 0.2) is 42.7 Å². The van der Waals surface area contributed by atoms with E-state index >= 15 is 0 Å². The number of aromatic nitrogens is 4. The fourth-order valence-electron chi connectivity index (χ4n) is 5.38. The summed E-state index contributed by atoms with van der Waals surface area (Å²) >= 11 is 6.23. The van der Waals surface area contributed by atoms with Gasteiger partial charge < -0.3 is 24.2 Å². The second-order valence-corrected chi connectivity index (χ2v) is 11.1. The first kappa shape index (κ1) is 27.7. The van der Waals surface area contributed by atoms with Gasteiger partial charge in [-0.25, -0.2) is 9.07 Å². The topological polar surface area (TPSA) is 121 Å². The van der Waals surface area contributed by atoms with Crippen LogP contribution in [0.25, 0.3) is 28.1 Å². The molecule has 0 saturated carbocycles. The molecule has 0 aliphatic carbocycles. The van der Waals surface area contributed by atoms with E-state index in [1.165, 1.54) is 34.8 Å². The predicted molar refractivity (Wildman–Crippen MR) is 150 cm³/mol. The zero-order valence-corrected chi connectivity index (χ0v) is 23.8. The minimum atomic E-state index is -1.03. The second kappa shape index (κ2) is 10.4. The number of carbonyl (C=O) groups excluding carboxylic acids is 1. The number of methoxy groups -OCH3 is 1. The van der Waals surface area contributed by atoms with Gasteiger partial charge in [0.1, 0.15) is 30.5 Å². The Morgan fingerprint density at radius 1 is 1.19 bits per heavy atom. The van der Waals surface area contributed by atoms with Crippen molar-refractivity contribution < 1.29 is 33.3 Å². The van der Waals surface area contributed by atoms with Crippen molar-refractivity contribution in [3.8, 4) is 39.6 Å². The molecule has 1 amide bonds. The van der Waals surface area contributed by atoms with Gasteiger partial charge in [0, 0.05) is 46.1 Å². The maximum absolute atomic E-state index is 14.6. The largest absolute Gasteiger partial charge is 0.496 e. The summed E-state index contributed by atoms with van der Waals surface area (Å²) in [5.41, 5.74) is 2.80. The van der Waals surface area contributed by atoms with E-state index in [4.69, 9.17) is 30.9 Å². The van der Waals surface area contributed by atoms with Crippen LogP contribution in [0.2, 0.25) is 5.02 Å². The van der Waals surface area contributed by atoms with Crippen LogP contribution < -0.4 is 9.47 Å². The van der Waals surface area contributed by atoms with Crippen LogP contribution in [0.4, 0.5) is 4.39 Å². The van der Waals surface area contributed by atoms with E-state index in [-0.39, 0.29) is 29.8 Å². The minimum Gasteiger partial charge on any atom is -0.496 e. The fraction of sp³-hybridized carbons (Fsp3) is 0.310. The first-order valence-corrected chi connectivity index (χ1v) is 13.5. The smallest absolute Gasteiger partial charge is 0.325 e. The van der Waals surface area contributed by atoms with Crippen molar-refractivity contribution >= 4 is 23.5 Å². The molecule has 11 nitrogen and oxygen atoms in total. The van der Waals surface area contributed by atoms with Crippen molar-refractivity contribution in [2.45, 2.75) is 32.5 Å². The molecule has 42 heavy (non-hydrogen) atoms. The normalized spacial score (nSPS) is 15.5. The third kappa shape index (κ3) is 4.86. The van der Waals surface area contributed by atoms with Crippen molar-refractivity contribution in [3.63, 3.8) is 0 Å². The summed E-state index contributed by atoms with van der Waals surface area (Å²) in [5.74, 6) is -0.943. The number of amides is 1. The first-order chi connectivity index (χ1) is 20.1. The molecule has 0 bridgehead atoms. The van der Waals surface area contributed by atoms with Gasteiger partial charge in [-0.3, -0.25) is 14.3 Å². The number of nitrogens with zero attached hydrogens (tertiary/aromatic N) is 5. The van der Waals surface area contributed by atoms with Crippen molar-refractivity contribution in [3.05, 3.63) is 64.8 Å². The molecule has 1 fully saturated rings. The Morgan fingerprint density at radius 3 is 2.71 bits per heavy atom. The SMILES string of the molecule is COc1cc2c(cc1-c1cnn(CC(=O)O)c1)-c1c(c(C(=O)N3CCOCC3(C)C)nn1-c1cc(F)cc(Cl)c1)CO2. The average molecular weight is 596 g/mol. The van der Waals surface area contributed by atoms with Crippen molar-refractivity contribution in [1.82, 2.24) is 24.5 Å². The van der Waals surface area contributed by atoms with Gasteiger partial charge in [0.15, 0.2) is 5.69 Å². The van der Waals surface area contributed by atoms with Gasteiger partial charge in [0.25, 0.3) is 5.91 Å². The molecule has 1 saturated heterocycles. The molecule has 2 aliphatic rings. The molecule has 4 heterocycles. The Kier molecular flexibility index (Phi) is 6.90. The van der Waals surface area contributed by atoms with E-state index in [1.54, 1.807) is 29.3 Å². The molecule has 13 heteroatoms. The number of ether oxygens (including phenoxy) is 3. The summed E-state index contributed by atoms with van der Waals surface area (Å²) in [5, 5.41) is 18.2. The Morgan fingerprint density at radius 2 is 2.00 bits per heavy atom. The van der Waals surface area contributed by atoms with Crippen LogP contribution in [-0.2, 0) is 22.7 Å². The number of halogens is 2. The molecule has 2 aromatic heterocycles. The van der Waals surface area contributed by atoms with E-state index in [0.29, 0.717) is 64.9 Å². The van der Waals surface area contributed by atoms with Crippen LogP contribution >= 0.6 is 11.6 Å². The Hall–Kier alpha value is -4.42. The van der Waals surface area contributed by atoms with Gasteiger partial charge in [-0.1, -0.05) is 11.6 Å². The number of morpholine rings is 1. The molecule has 0 unspecified atom stereocenters. The van der Waals surface area contributed by atoms with E-state index in [9.17, 15) is 19.1 Å². The molecule has 0 atom stereocenters. The van der Waals surface area contributed by atoms with Gasteiger partial charge in [0.05, 0.1) is 43.4 Å². The molecular weight excluding hydrogens is 569 g/mol. The number of carboxylic acids is 1. The number of hydrogen-bond donors (Lipinski definition) is 1. The summed E-state index contributed by atoms with van der Waals surface area (Å²) in [6, 6.07) is 7.57. The third-order valence-corrected chi connectivity index (χ3v) is 7.56. The maximum atomic E-state index is 14.6. The molecule has 218 valence electrons. The van der Waals surface area contributed by atoms with Gasteiger partial charge in [-0.05, 0) is 38.1 Å². The Labute approximate surface area is 245 Å². The number of carboxylic acid groups (broad SMARTS) is 1. The number of fused-ring (bicyclic) bond motifs is 3. The average Bonchev–Trinajstić information content (AvgIpc) is 3.56. The summed E-state index contributed by atoms with van der Waals surface area (Å²) in [7, 11) is 1.51. The monoisotopic (exact) mass is 595 g/mol. The Balaban J connectivity index is 1.56. The summed E-state index contributed by atoms with van der Waals surface area (Å²) in [6.07, 6.45) is 3.14. The molecule has 0 radical (unpaired) electrons. The highest BCUT2D eigenvalue weighted by molar-refractivity contribution is 6.30. The lowest BCUT2D eigenvalue weighted by atomic mass is 9.96. The van der Waals surface area contributed by atoms with Gasteiger partial charge in [-0.15, -0.1) is 0 Å². The molecule has 2 aliphatic heterocycles. The number of hydrogen-bond acceptors (Lipinski definition) is 7. The predicted octanol–water partition coefficient (Wildman–Crippen LogP) is 4.43. The van der Waals surface area contributed by atoms with Crippen LogP contribution in [0.3, 0.4) is 0 Å². The molecule has 1 N–H and O–H groups in total. The zero-order chi connectivity index (χ0) is 29.8. The summed E-state index contributed by atoms with van der Waals surface area (Å²) in [6.45, 7) is 4.74. The van der Waals surface area contributed by atoms with E-state index in [2.05, 4.69) is 5.10 Å². The zero-order valence-electron chi connectivity index (χ0n) is 23.1. The van der Waals surface area contributed by atoms with Gasteiger partial charge in [-0.2, -0.15) is 10.2 Å². The van der Waals surface area contributed by atoms with Crippen LogP contribution in [0.5, 0.6) is 11.5 Å². The first-order valence-electron chi connectivity index (χ1n) is 13.1. The van der Waals surface area contributed by atoms with E-state index in [0.717, 1.165) is 0 Å². The fourth-order valence-corrected chi connectivity index (χ4v) is 5.60.